The van der Waals surface area contributed by atoms with Crippen LogP contribution in [0.25, 0.3) is 0 Å². The largest absolute Gasteiger partial charge is 0.282 e. The SMILES string of the molecule is Bc1cc(CC)nn1C. The summed E-state index contributed by atoms with van der Waals surface area (Å²) in [5.74, 6) is 0. The van der Waals surface area contributed by atoms with Gasteiger partial charge in [0.05, 0.1) is 5.69 Å². The Hall–Kier alpha value is -0.725. The second kappa shape index (κ2) is 2.25. The number of nitrogens with zero attached hydrogens (tertiary/aromatic N) is 2. The van der Waals surface area contributed by atoms with Crippen LogP contribution in [0.15, 0.2) is 6.07 Å². The summed E-state index contributed by atoms with van der Waals surface area (Å²) in [6, 6.07) is 2.11. The Morgan fingerprint density at radius 2 is 2.44 bits per heavy atom. The van der Waals surface area contributed by atoms with Crippen LogP contribution in [-0.4, -0.2) is 17.6 Å². The van der Waals surface area contributed by atoms with Crippen molar-refractivity contribution in [1.82, 2.24) is 9.78 Å². The first-order valence-electron chi connectivity index (χ1n) is 3.23. The summed E-state index contributed by atoms with van der Waals surface area (Å²) >= 11 is 0. The normalized spacial score (nSPS) is 10.0. The van der Waals surface area contributed by atoms with Crippen molar-refractivity contribution in [3.8, 4) is 0 Å². The Labute approximate surface area is 56.3 Å². The van der Waals surface area contributed by atoms with Crippen LogP contribution in [0, 0.1) is 0 Å². The summed E-state index contributed by atoms with van der Waals surface area (Å²) in [5.41, 5.74) is 2.40. The van der Waals surface area contributed by atoms with Gasteiger partial charge in [-0.3, -0.25) is 4.68 Å². The molecule has 0 saturated heterocycles. The zero-order valence-electron chi connectivity index (χ0n) is 6.18. The molecule has 2 nitrogen and oxygen atoms in total. The van der Waals surface area contributed by atoms with Crippen LogP contribution in [0.2, 0.25) is 0 Å². The van der Waals surface area contributed by atoms with E-state index in [1.165, 1.54) is 11.3 Å². The maximum atomic E-state index is 4.25. The summed E-state index contributed by atoms with van der Waals surface area (Å²) < 4.78 is 1.90. The molecule has 0 aliphatic carbocycles. The first-order chi connectivity index (χ1) is 4.24. The van der Waals surface area contributed by atoms with Crippen LogP contribution in [0.3, 0.4) is 0 Å². The summed E-state index contributed by atoms with van der Waals surface area (Å²) in [6.45, 7) is 2.11. The molecule has 1 aromatic heterocycles. The van der Waals surface area contributed by atoms with Crippen molar-refractivity contribution in [3.63, 3.8) is 0 Å². The Morgan fingerprint density at radius 3 is 2.67 bits per heavy atom. The smallest absolute Gasteiger partial charge is 0.163 e. The monoisotopic (exact) mass is 122 g/mol. The number of rotatable bonds is 1. The zero-order valence-corrected chi connectivity index (χ0v) is 6.18. The lowest BCUT2D eigenvalue weighted by molar-refractivity contribution is 0.764. The standard InChI is InChI=1S/C6H11BN2/c1-3-5-4-6(7)9(2)8-5/h4H,3,7H2,1-2H3. The number of hydrogen-bond donors (Lipinski definition) is 0. The Kier molecular flexibility index (Phi) is 1.60. The molecule has 1 rings (SSSR count). The quantitative estimate of drug-likeness (QED) is 0.447. The van der Waals surface area contributed by atoms with Gasteiger partial charge in [-0.2, -0.15) is 5.10 Å². The number of aromatic nitrogens is 2. The summed E-state index contributed by atoms with van der Waals surface area (Å²) in [6.07, 6.45) is 1.03. The molecule has 0 aromatic carbocycles. The zero-order chi connectivity index (χ0) is 6.85. The van der Waals surface area contributed by atoms with Crippen molar-refractivity contribution in [3.05, 3.63) is 11.8 Å². The first kappa shape index (κ1) is 6.40. The third-order valence-electron chi connectivity index (χ3n) is 1.53. The summed E-state index contributed by atoms with van der Waals surface area (Å²) in [4.78, 5) is 0. The van der Waals surface area contributed by atoms with Crippen LogP contribution >= 0.6 is 0 Å². The molecule has 48 valence electrons. The minimum Gasteiger partial charge on any atom is -0.282 e. The van der Waals surface area contributed by atoms with E-state index in [4.69, 9.17) is 0 Å². The van der Waals surface area contributed by atoms with E-state index in [9.17, 15) is 0 Å². The van der Waals surface area contributed by atoms with Crippen LogP contribution in [-0.2, 0) is 13.5 Å². The molecule has 0 aliphatic rings. The fourth-order valence-electron chi connectivity index (χ4n) is 0.808. The number of hydrogen-bond acceptors (Lipinski definition) is 1. The van der Waals surface area contributed by atoms with E-state index < -0.39 is 0 Å². The van der Waals surface area contributed by atoms with Gasteiger partial charge < -0.3 is 0 Å². The molecular formula is C6H11BN2. The van der Waals surface area contributed by atoms with Crippen molar-refractivity contribution >= 4 is 13.4 Å². The van der Waals surface area contributed by atoms with Crippen LogP contribution < -0.4 is 5.59 Å². The van der Waals surface area contributed by atoms with E-state index in [1.54, 1.807) is 0 Å². The molecule has 0 aliphatic heterocycles. The van der Waals surface area contributed by atoms with Crippen molar-refractivity contribution in [1.29, 1.82) is 0 Å². The van der Waals surface area contributed by atoms with E-state index >= 15 is 0 Å². The molecule has 3 heteroatoms. The highest BCUT2D eigenvalue weighted by molar-refractivity contribution is 6.30. The van der Waals surface area contributed by atoms with Gasteiger partial charge in [0.2, 0.25) is 0 Å². The third-order valence-corrected chi connectivity index (χ3v) is 1.53. The molecule has 0 spiro atoms. The fourth-order valence-corrected chi connectivity index (χ4v) is 0.808. The van der Waals surface area contributed by atoms with Gasteiger partial charge in [-0.05, 0) is 18.1 Å². The fraction of sp³-hybridized carbons (Fsp3) is 0.500. The second-order valence-corrected chi connectivity index (χ2v) is 2.25. The van der Waals surface area contributed by atoms with Crippen LogP contribution in [0.4, 0.5) is 0 Å². The Bertz CT molecular complexity index is 185. The van der Waals surface area contributed by atoms with Gasteiger partial charge >= 0.3 is 0 Å². The van der Waals surface area contributed by atoms with E-state index in [0.29, 0.717) is 0 Å². The predicted molar refractivity (Wildman–Crippen MR) is 40.8 cm³/mol. The predicted octanol–water partition coefficient (Wildman–Crippen LogP) is -0.759. The molecule has 0 bridgehead atoms. The lowest BCUT2D eigenvalue weighted by atomic mass is 10.0. The van der Waals surface area contributed by atoms with Gasteiger partial charge in [0.15, 0.2) is 7.85 Å². The van der Waals surface area contributed by atoms with Crippen molar-refractivity contribution in [2.75, 3.05) is 0 Å². The minimum absolute atomic E-state index is 1.03. The van der Waals surface area contributed by atoms with Gasteiger partial charge in [-0.1, -0.05) is 6.92 Å². The van der Waals surface area contributed by atoms with Gasteiger partial charge in [-0.25, -0.2) is 0 Å². The lowest BCUT2D eigenvalue weighted by Gasteiger charge is -1.88. The number of aryl methyl sites for hydroxylation is 2. The van der Waals surface area contributed by atoms with Crippen molar-refractivity contribution < 1.29 is 0 Å². The summed E-state index contributed by atoms with van der Waals surface area (Å²) in [5, 5.41) is 4.25. The van der Waals surface area contributed by atoms with E-state index in [0.717, 1.165) is 6.42 Å². The van der Waals surface area contributed by atoms with E-state index in [1.807, 2.05) is 11.7 Å². The van der Waals surface area contributed by atoms with Crippen molar-refractivity contribution in [2.24, 2.45) is 7.05 Å². The molecule has 0 radical (unpaired) electrons. The maximum Gasteiger partial charge on any atom is 0.163 e. The van der Waals surface area contributed by atoms with Crippen molar-refractivity contribution in [2.45, 2.75) is 13.3 Å². The lowest BCUT2D eigenvalue weighted by Crippen LogP contribution is -2.13. The first-order valence-corrected chi connectivity index (χ1v) is 3.23. The molecule has 0 unspecified atom stereocenters. The minimum atomic E-state index is 1.03. The van der Waals surface area contributed by atoms with Gasteiger partial charge in [0.25, 0.3) is 0 Å². The van der Waals surface area contributed by atoms with Gasteiger partial charge in [0.1, 0.15) is 0 Å². The highest BCUT2D eigenvalue weighted by Gasteiger charge is 1.95. The third kappa shape index (κ3) is 1.15. The average Bonchev–Trinajstić information content (AvgIpc) is 2.13. The van der Waals surface area contributed by atoms with Gasteiger partial charge in [-0.15, -0.1) is 0 Å². The average molecular weight is 122 g/mol. The molecule has 9 heavy (non-hydrogen) atoms. The Balaban J connectivity index is 2.98. The highest BCUT2D eigenvalue weighted by atomic mass is 15.3. The molecule has 0 atom stereocenters. The molecule has 0 N–H and O–H groups in total. The highest BCUT2D eigenvalue weighted by Crippen LogP contribution is 1.89. The topological polar surface area (TPSA) is 17.8 Å². The van der Waals surface area contributed by atoms with Gasteiger partial charge in [0, 0.05) is 7.05 Å². The van der Waals surface area contributed by atoms with Crippen LogP contribution in [0.1, 0.15) is 12.6 Å². The molecule has 1 heterocycles. The Morgan fingerprint density at radius 1 is 1.78 bits per heavy atom. The molecule has 0 fully saturated rings. The summed E-state index contributed by atoms with van der Waals surface area (Å²) in [7, 11) is 4.03. The molecular weight excluding hydrogens is 111 g/mol. The molecule has 0 amide bonds. The maximum absolute atomic E-state index is 4.25. The van der Waals surface area contributed by atoms with E-state index in [2.05, 4.69) is 25.9 Å². The van der Waals surface area contributed by atoms with Crippen LogP contribution in [0.5, 0.6) is 0 Å². The molecule has 0 saturated carbocycles. The van der Waals surface area contributed by atoms with E-state index in [-0.39, 0.29) is 0 Å². The molecule has 1 aromatic rings. The second-order valence-electron chi connectivity index (χ2n) is 2.25.